The SMILES string of the molecule is C[C@H](NCc1nnc(C2CC2)n1C)c1cccc(-n2cccn2)c1. The molecule has 124 valence electrons. The van der Waals surface area contributed by atoms with Crippen molar-refractivity contribution in [3.05, 3.63) is 59.9 Å². The fourth-order valence-electron chi connectivity index (χ4n) is 2.95. The number of aromatic nitrogens is 5. The first-order valence-electron chi connectivity index (χ1n) is 8.44. The zero-order valence-corrected chi connectivity index (χ0v) is 14.1. The number of rotatable bonds is 6. The van der Waals surface area contributed by atoms with Gasteiger partial charge in [0.05, 0.1) is 12.2 Å². The minimum Gasteiger partial charge on any atom is -0.317 e. The van der Waals surface area contributed by atoms with E-state index in [4.69, 9.17) is 0 Å². The van der Waals surface area contributed by atoms with Gasteiger partial charge in [0.2, 0.25) is 0 Å². The van der Waals surface area contributed by atoms with Crippen molar-refractivity contribution >= 4 is 0 Å². The van der Waals surface area contributed by atoms with E-state index in [9.17, 15) is 0 Å². The topological polar surface area (TPSA) is 60.6 Å². The molecule has 1 aromatic carbocycles. The summed E-state index contributed by atoms with van der Waals surface area (Å²) in [7, 11) is 2.06. The highest BCUT2D eigenvalue weighted by molar-refractivity contribution is 5.36. The Balaban J connectivity index is 1.44. The van der Waals surface area contributed by atoms with Gasteiger partial charge in [0.15, 0.2) is 0 Å². The van der Waals surface area contributed by atoms with E-state index in [0.717, 1.165) is 17.3 Å². The highest BCUT2D eigenvalue weighted by Crippen LogP contribution is 2.38. The minimum atomic E-state index is 0.224. The first kappa shape index (κ1) is 15.1. The number of benzene rings is 1. The van der Waals surface area contributed by atoms with Crippen LogP contribution in [0.25, 0.3) is 5.69 Å². The summed E-state index contributed by atoms with van der Waals surface area (Å²) in [5, 5.41) is 16.5. The molecule has 0 radical (unpaired) electrons. The second-order valence-corrected chi connectivity index (χ2v) is 6.46. The summed E-state index contributed by atoms with van der Waals surface area (Å²) >= 11 is 0. The van der Waals surface area contributed by atoms with E-state index in [0.29, 0.717) is 12.5 Å². The Bertz CT molecular complexity index is 816. The summed E-state index contributed by atoms with van der Waals surface area (Å²) in [6.45, 7) is 2.88. The third-order valence-electron chi connectivity index (χ3n) is 4.65. The van der Waals surface area contributed by atoms with Gasteiger partial charge in [-0.3, -0.25) is 0 Å². The minimum absolute atomic E-state index is 0.224. The average molecular weight is 322 g/mol. The van der Waals surface area contributed by atoms with E-state index in [1.165, 1.54) is 18.4 Å². The van der Waals surface area contributed by atoms with Crippen LogP contribution in [-0.2, 0) is 13.6 Å². The second kappa shape index (κ2) is 6.20. The van der Waals surface area contributed by atoms with Crippen LogP contribution >= 0.6 is 0 Å². The van der Waals surface area contributed by atoms with Crippen LogP contribution in [0.15, 0.2) is 42.7 Å². The smallest absolute Gasteiger partial charge is 0.146 e. The molecule has 0 saturated heterocycles. The summed E-state index contributed by atoms with van der Waals surface area (Å²) in [4.78, 5) is 0. The van der Waals surface area contributed by atoms with Crippen molar-refractivity contribution in [3.8, 4) is 5.69 Å². The maximum Gasteiger partial charge on any atom is 0.146 e. The third kappa shape index (κ3) is 2.97. The van der Waals surface area contributed by atoms with E-state index < -0.39 is 0 Å². The Hall–Kier alpha value is -2.47. The summed E-state index contributed by atoms with van der Waals surface area (Å²) in [5.41, 5.74) is 2.30. The molecule has 6 heteroatoms. The summed E-state index contributed by atoms with van der Waals surface area (Å²) in [6, 6.07) is 10.6. The van der Waals surface area contributed by atoms with Crippen molar-refractivity contribution in [1.82, 2.24) is 29.9 Å². The molecule has 0 unspecified atom stereocenters. The van der Waals surface area contributed by atoms with Crippen molar-refractivity contribution in [2.75, 3.05) is 0 Å². The van der Waals surface area contributed by atoms with Gasteiger partial charge in [-0.15, -0.1) is 10.2 Å². The van der Waals surface area contributed by atoms with Crippen molar-refractivity contribution < 1.29 is 0 Å². The van der Waals surface area contributed by atoms with Gasteiger partial charge < -0.3 is 9.88 Å². The van der Waals surface area contributed by atoms with Crippen LogP contribution in [0.4, 0.5) is 0 Å². The van der Waals surface area contributed by atoms with Crippen LogP contribution in [-0.4, -0.2) is 24.5 Å². The van der Waals surface area contributed by atoms with Crippen molar-refractivity contribution in [1.29, 1.82) is 0 Å². The molecule has 1 saturated carbocycles. The lowest BCUT2D eigenvalue weighted by atomic mass is 10.1. The molecule has 2 aromatic heterocycles. The van der Waals surface area contributed by atoms with Gasteiger partial charge in [0, 0.05) is 31.4 Å². The Kier molecular flexibility index (Phi) is 3.90. The molecule has 2 heterocycles. The van der Waals surface area contributed by atoms with Crippen LogP contribution in [0.2, 0.25) is 0 Å². The molecule has 1 aliphatic rings. The van der Waals surface area contributed by atoms with Crippen LogP contribution in [0.1, 0.15) is 48.9 Å². The normalized spacial score (nSPS) is 15.6. The summed E-state index contributed by atoms with van der Waals surface area (Å²) in [6.07, 6.45) is 6.24. The second-order valence-electron chi connectivity index (χ2n) is 6.46. The van der Waals surface area contributed by atoms with Crippen LogP contribution in [0, 0.1) is 0 Å². The Morgan fingerprint density at radius 2 is 2.12 bits per heavy atom. The average Bonchev–Trinajstić information content (AvgIpc) is 3.16. The van der Waals surface area contributed by atoms with E-state index in [1.807, 2.05) is 16.9 Å². The lowest BCUT2D eigenvalue weighted by Gasteiger charge is -2.15. The fraction of sp³-hybridized carbons (Fsp3) is 0.389. The molecule has 1 aliphatic carbocycles. The van der Waals surface area contributed by atoms with Gasteiger partial charge in [-0.05, 0) is 43.5 Å². The van der Waals surface area contributed by atoms with Gasteiger partial charge in [-0.25, -0.2) is 4.68 Å². The lowest BCUT2D eigenvalue weighted by molar-refractivity contribution is 0.546. The van der Waals surface area contributed by atoms with Crippen LogP contribution in [0.3, 0.4) is 0 Å². The molecule has 0 aliphatic heterocycles. The number of nitrogens with one attached hydrogen (secondary N) is 1. The Morgan fingerprint density at radius 3 is 2.88 bits per heavy atom. The van der Waals surface area contributed by atoms with Crippen LogP contribution < -0.4 is 5.32 Å². The molecule has 0 bridgehead atoms. The monoisotopic (exact) mass is 322 g/mol. The van der Waals surface area contributed by atoms with E-state index >= 15 is 0 Å². The third-order valence-corrected chi connectivity index (χ3v) is 4.65. The lowest BCUT2D eigenvalue weighted by Crippen LogP contribution is -2.20. The highest BCUT2D eigenvalue weighted by atomic mass is 15.3. The zero-order valence-electron chi connectivity index (χ0n) is 14.1. The number of hydrogen-bond donors (Lipinski definition) is 1. The molecule has 0 amide bonds. The molecule has 1 N–H and O–H groups in total. The molecule has 0 spiro atoms. The molecular formula is C18H22N6. The summed E-state index contributed by atoms with van der Waals surface area (Å²) < 4.78 is 4.01. The molecule has 1 atom stereocenters. The first-order valence-corrected chi connectivity index (χ1v) is 8.44. The van der Waals surface area contributed by atoms with Crippen LogP contribution in [0.5, 0.6) is 0 Å². The van der Waals surface area contributed by atoms with Crippen molar-refractivity contribution in [2.45, 2.75) is 38.3 Å². The Labute approximate surface area is 141 Å². The van der Waals surface area contributed by atoms with Gasteiger partial charge in [0.25, 0.3) is 0 Å². The van der Waals surface area contributed by atoms with E-state index in [2.05, 4.69) is 63.4 Å². The number of nitrogens with zero attached hydrogens (tertiary/aromatic N) is 5. The molecule has 6 nitrogen and oxygen atoms in total. The zero-order chi connectivity index (χ0) is 16.5. The largest absolute Gasteiger partial charge is 0.317 e. The predicted molar refractivity (Wildman–Crippen MR) is 91.8 cm³/mol. The van der Waals surface area contributed by atoms with Crippen molar-refractivity contribution in [3.63, 3.8) is 0 Å². The maximum absolute atomic E-state index is 4.34. The number of hydrogen-bond acceptors (Lipinski definition) is 4. The van der Waals surface area contributed by atoms with Gasteiger partial charge in [-0.2, -0.15) is 5.10 Å². The quantitative estimate of drug-likeness (QED) is 0.758. The van der Waals surface area contributed by atoms with Gasteiger partial charge in [-0.1, -0.05) is 12.1 Å². The molecule has 3 aromatic rings. The van der Waals surface area contributed by atoms with E-state index in [-0.39, 0.29) is 6.04 Å². The summed E-state index contributed by atoms with van der Waals surface area (Å²) in [5.74, 6) is 2.74. The maximum atomic E-state index is 4.34. The molecular weight excluding hydrogens is 300 g/mol. The molecule has 1 fully saturated rings. The standard InChI is InChI=1S/C18H22N6/c1-13(15-5-3-6-16(11-15)24-10-4-9-20-24)19-12-17-21-22-18(23(17)2)14-7-8-14/h3-6,9-11,13-14,19H,7-8,12H2,1-2H3/t13-/m0/s1. The molecule has 24 heavy (non-hydrogen) atoms. The van der Waals surface area contributed by atoms with Gasteiger partial charge in [0.1, 0.15) is 11.6 Å². The highest BCUT2D eigenvalue weighted by Gasteiger charge is 2.29. The first-order chi connectivity index (χ1) is 11.7. The predicted octanol–water partition coefficient (Wildman–Crippen LogP) is 2.73. The molecule has 4 rings (SSSR count). The van der Waals surface area contributed by atoms with Gasteiger partial charge >= 0.3 is 0 Å². The van der Waals surface area contributed by atoms with E-state index in [1.54, 1.807) is 6.20 Å². The Morgan fingerprint density at radius 1 is 1.25 bits per heavy atom. The fourth-order valence-corrected chi connectivity index (χ4v) is 2.95. The van der Waals surface area contributed by atoms with Crippen molar-refractivity contribution in [2.24, 2.45) is 7.05 Å².